The third-order valence-electron chi connectivity index (χ3n) is 4.06. The van der Waals surface area contributed by atoms with Crippen molar-refractivity contribution in [3.8, 4) is 0 Å². The number of hydrogen-bond donors (Lipinski definition) is 1. The van der Waals surface area contributed by atoms with Gasteiger partial charge in [-0.05, 0) is 30.7 Å². The van der Waals surface area contributed by atoms with Crippen LogP contribution in [0.2, 0.25) is 0 Å². The van der Waals surface area contributed by atoms with E-state index in [4.69, 9.17) is 0 Å². The second-order valence-corrected chi connectivity index (χ2v) is 6.18. The standard InChI is InChI=1S/C21H23N3O3/c1-4-12-23(13-5-2)15-17-7-9-18(10-8-17)21(25)22-19-11-6-16(3)20(14-19)24(26)27/h4-11,14H,1-2,12-13,15H2,3H3,(H,22,25). The van der Waals surface area contributed by atoms with Gasteiger partial charge in [0.1, 0.15) is 0 Å². The Hall–Kier alpha value is -3.25. The van der Waals surface area contributed by atoms with Crippen LogP contribution in [0.4, 0.5) is 11.4 Å². The first-order chi connectivity index (χ1) is 12.9. The van der Waals surface area contributed by atoms with Crippen molar-refractivity contribution in [3.05, 3.63) is 94.6 Å². The lowest BCUT2D eigenvalue weighted by atomic mass is 10.1. The van der Waals surface area contributed by atoms with Crippen LogP contribution in [0.15, 0.2) is 67.8 Å². The number of carbonyl (C=O) groups excluding carboxylic acids is 1. The van der Waals surface area contributed by atoms with Gasteiger partial charge in [0.15, 0.2) is 0 Å². The molecule has 0 unspecified atom stereocenters. The Bertz CT molecular complexity index is 834. The van der Waals surface area contributed by atoms with Gasteiger partial charge in [0, 0.05) is 42.5 Å². The monoisotopic (exact) mass is 365 g/mol. The number of hydrogen-bond acceptors (Lipinski definition) is 4. The molecule has 0 saturated carbocycles. The number of anilines is 1. The average Bonchev–Trinajstić information content (AvgIpc) is 2.64. The van der Waals surface area contributed by atoms with Gasteiger partial charge in [-0.2, -0.15) is 0 Å². The van der Waals surface area contributed by atoms with E-state index in [0.717, 1.165) is 25.2 Å². The van der Waals surface area contributed by atoms with Crippen molar-refractivity contribution in [1.82, 2.24) is 4.90 Å². The zero-order valence-electron chi connectivity index (χ0n) is 15.4. The Morgan fingerprint density at radius 3 is 2.33 bits per heavy atom. The number of benzene rings is 2. The number of nitro benzene ring substituents is 1. The van der Waals surface area contributed by atoms with Gasteiger partial charge in [-0.15, -0.1) is 13.2 Å². The highest BCUT2D eigenvalue weighted by atomic mass is 16.6. The number of aryl methyl sites for hydroxylation is 1. The van der Waals surface area contributed by atoms with Gasteiger partial charge in [0.25, 0.3) is 11.6 Å². The highest BCUT2D eigenvalue weighted by Crippen LogP contribution is 2.22. The van der Waals surface area contributed by atoms with E-state index in [9.17, 15) is 14.9 Å². The molecule has 0 aliphatic rings. The molecule has 2 aromatic rings. The Morgan fingerprint density at radius 1 is 1.15 bits per heavy atom. The van der Waals surface area contributed by atoms with E-state index in [0.29, 0.717) is 16.8 Å². The van der Waals surface area contributed by atoms with Crippen molar-refractivity contribution in [2.24, 2.45) is 0 Å². The molecule has 0 spiro atoms. The number of rotatable bonds is 9. The molecule has 0 radical (unpaired) electrons. The molecular weight excluding hydrogens is 342 g/mol. The van der Waals surface area contributed by atoms with Crippen LogP contribution in [0, 0.1) is 17.0 Å². The Labute approximate surface area is 159 Å². The minimum absolute atomic E-state index is 0.0207. The molecule has 0 aliphatic heterocycles. The Kier molecular flexibility index (Phi) is 7.02. The summed E-state index contributed by atoms with van der Waals surface area (Å²) in [4.78, 5) is 25.1. The fourth-order valence-electron chi connectivity index (χ4n) is 2.68. The third kappa shape index (κ3) is 5.62. The van der Waals surface area contributed by atoms with Gasteiger partial charge in [-0.1, -0.05) is 30.4 Å². The molecule has 0 fully saturated rings. The summed E-state index contributed by atoms with van der Waals surface area (Å²) in [5.41, 5.74) is 2.48. The second-order valence-electron chi connectivity index (χ2n) is 6.18. The lowest BCUT2D eigenvalue weighted by Gasteiger charge is -2.18. The largest absolute Gasteiger partial charge is 0.322 e. The predicted octanol–water partition coefficient (Wildman–Crippen LogP) is 4.33. The van der Waals surface area contributed by atoms with Crippen LogP contribution in [0.25, 0.3) is 0 Å². The normalized spacial score (nSPS) is 10.4. The van der Waals surface area contributed by atoms with Crippen LogP contribution in [-0.4, -0.2) is 28.8 Å². The zero-order chi connectivity index (χ0) is 19.8. The maximum atomic E-state index is 12.4. The topological polar surface area (TPSA) is 75.5 Å². The summed E-state index contributed by atoms with van der Waals surface area (Å²) in [6, 6.07) is 11.9. The number of amides is 1. The van der Waals surface area contributed by atoms with Gasteiger partial charge in [0.2, 0.25) is 0 Å². The Balaban J connectivity index is 2.07. The molecule has 0 aromatic heterocycles. The first-order valence-corrected chi connectivity index (χ1v) is 8.54. The van der Waals surface area contributed by atoms with Gasteiger partial charge in [0.05, 0.1) is 4.92 Å². The van der Waals surface area contributed by atoms with Crippen LogP contribution in [0.3, 0.4) is 0 Å². The number of nitrogens with one attached hydrogen (secondary N) is 1. The summed E-state index contributed by atoms with van der Waals surface area (Å²) in [5.74, 6) is -0.311. The molecule has 0 saturated heterocycles. The summed E-state index contributed by atoms with van der Waals surface area (Å²) in [6.07, 6.45) is 3.68. The van der Waals surface area contributed by atoms with E-state index in [1.807, 2.05) is 24.3 Å². The summed E-state index contributed by atoms with van der Waals surface area (Å²) < 4.78 is 0. The van der Waals surface area contributed by atoms with E-state index < -0.39 is 4.92 Å². The molecule has 0 aliphatic carbocycles. The minimum Gasteiger partial charge on any atom is -0.322 e. The van der Waals surface area contributed by atoms with Crippen LogP contribution < -0.4 is 5.32 Å². The lowest BCUT2D eigenvalue weighted by molar-refractivity contribution is -0.385. The predicted molar refractivity (Wildman–Crippen MR) is 108 cm³/mol. The number of nitro groups is 1. The smallest absolute Gasteiger partial charge is 0.274 e. The summed E-state index contributed by atoms with van der Waals surface area (Å²) in [7, 11) is 0. The first kappa shape index (κ1) is 20.1. The molecule has 0 atom stereocenters. The molecule has 6 heteroatoms. The molecular formula is C21H23N3O3. The molecule has 1 N–H and O–H groups in total. The van der Waals surface area contributed by atoms with Crippen molar-refractivity contribution in [1.29, 1.82) is 0 Å². The van der Waals surface area contributed by atoms with Crippen LogP contribution >= 0.6 is 0 Å². The maximum Gasteiger partial charge on any atom is 0.274 e. The first-order valence-electron chi connectivity index (χ1n) is 8.54. The van der Waals surface area contributed by atoms with Crippen LogP contribution in [-0.2, 0) is 6.54 Å². The average molecular weight is 365 g/mol. The molecule has 0 bridgehead atoms. The summed E-state index contributed by atoms with van der Waals surface area (Å²) in [5, 5.41) is 13.7. The van der Waals surface area contributed by atoms with E-state index >= 15 is 0 Å². The molecule has 140 valence electrons. The zero-order valence-corrected chi connectivity index (χ0v) is 15.4. The van der Waals surface area contributed by atoms with Gasteiger partial charge >= 0.3 is 0 Å². The lowest BCUT2D eigenvalue weighted by Crippen LogP contribution is -2.23. The van der Waals surface area contributed by atoms with Gasteiger partial charge in [-0.3, -0.25) is 19.8 Å². The summed E-state index contributed by atoms with van der Waals surface area (Å²) >= 11 is 0. The number of carbonyl (C=O) groups is 1. The quantitative estimate of drug-likeness (QED) is 0.408. The van der Waals surface area contributed by atoms with E-state index in [-0.39, 0.29) is 11.6 Å². The fourth-order valence-corrected chi connectivity index (χ4v) is 2.68. The van der Waals surface area contributed by atoms with E-state index in [2.05, 4.69) is 23.4 Å². The van der Waals surface area contributed by atoms with E-state index in [1.165, 1.54) is 6.07 Å². The molecule has 2 aromatic carbocycles. The minimum atomic E-state index is -0.460. The van der Waals surface area contributed by atoms with Crippen LogP contribution in [0.5, 0.6) is 0 Å². The Morgan fingerprint density at radius 2 is 1.78 bits per heavy atom. The molecule has 6 nitrogen and oxygen atoms in total. The second kappa shape index (κ2) is 9.45. The molecule has 0 heterocycles. The van der Waals surface area contributed by atoms with E-state index in [1.54, 1.807) is 31.2 Å². The number of nitrogens with zero attached hydrogens (tertiary/aromatic N) is 2. The highest BCUT2D eigenvalue weighted by molar-refractivity contribution is 6.04. The van der Waals surface area contributed by atoms with Crippen LogP contribution in [0.1, 0.15) is 21.5 Å². The van der Waals surface area contributed by atoms with Gasteiger partial charge < -0.3 is 5.32 Å². The van der Waals surface area contributed by atoms with Crippen molar-refractivity contribution >= 4 is 17.3 Å². The summed E-state index contributed by atoms with van der Waals surface area (Å²) in [6.45, 7) is 11.4. The maximum absolute atomic E-state index is 12.4. The molecule has 27 heavy (non-hydrogen) atoms. The molecule has 2 rings (SSSR count). The van der Waals surface area contributed by atoms with Crippen molar-refractivity contribution in [3.63, 3.8) is 0 Å². The SMILES string of the molecule is C=CCN(CC=C)Cc1ccc(C(=O)Nc2ccc(C)c([N+](=O)[O-])c2)cc1. The van der Waals surface area contributed by atoms with Crippen molar-refractivity contribution in [2.75, 3.05) is 18.4 Å². The molecule has 1 amide bonds. The fraction of sp³-hybridized carbons (Fsp3) is 0.190. The van der Waals surface area contributed by atoms with Crippen molar-refractivity contribution in [2.45, 2.75) is 13.5 Å². The third-order valence-corrected chi connectivity index (χ3v) is 4.06. The van der Waals surface area contributed by atoms with Crippen molar-refractivity contribution < 1.29 is 9.72 Å². The van der Waals surface area contributed by atoms with Gasteiger partial charge in [-0.25, -0.2) is 0 Å². The highest BCUT2D eigenvalue weighted by Gasteiger charge is 2.13.